The Kier molecular flexibility index (Phi) is 10.8. The smallest absolute Gasteiger partial charge is 0.272 e. The van der Waals surface area contributed by atoms with Crippen LogP contribution in [0.2, 0.25) is 0 Å². The molecule has 3 aromatic rings. The minimum atomic E-state index is 0. The lowest BCUT2D eigenvalue weighted by Gasteiger charge is -2.50. The fourth-order valence-corrected chi connectivity index (χ4v) is 5.11. The summed E-state index contributed by atoms with van der Waals surface area (Å²) in [4.78, 5) is 21.8. The predicted octanol–water partition coefficient (Wildman–Crippen LogP) is 4.28. The van der Waals surface area contributed by atoms with E-state index >= 15 is 0 Å². The van der Waals surface area contributed by atoms with Crippen LogP contribution in [0.3, 0.4) is 0 Å². The molecule has 5 rings (SSSR count). The third-order valence-corrected chi connectivity index (χ3v) is 6.56. The van der Waals surface area contributed by atoms with Gasteiger partial charge in [-0.05, 0) is 23.3 Å². The summed E-state index contributed by atoms with van der Waals surface area (Å²) in [5, 5.41) is 3.66. The van der Waals surface area contributed by atoms with Crippen LogP contribution in [0.1, 0.15) is 27.5 Å². The van der Waals surface area contributed by atoms with Crippen molar-refractivity contribution in [3.05, 3.63) is 102 Å². The number of amides is 1. The second kappa shape index (κ2) is 13.1. The Morgan fingerprint density at radius 3 is 2.03 bits per heavy atom. The van der Waals surface area contributed by atoms with Gasteiger partial charge in [0, 0.05) is 56.9 Å². The van der Waals surface area contributed by atoms with Gasteiger partial charge in [-0.25, -0.2) is 0 Å². The highest BCUT2D eigenvalue weighted by molar-refractivity contribution is 5.92. The molecule has 2 aromatic carbocycles. The molecule has 2 aliphatic rings. The molecule has 182 valence electrons. The van der Waals surface area contributed by atoms with Crippen molar-refractivity contribution in [2.75, 3.05) is 32.7 Å². The van der Waals surface area contributed by atoms with Crippen LogP contribution in [0.25, 0.3) is 0 Å². The summed E-state index contributed by atoms with van der Waals surface area (Å²) < 4.78 is 0. The molecule has 0 saturated carbocycles. The zero-order chi connectivity index (χ0) is 21.0. The molecular weight excluding hydrogens is 491 g/mol. The average molecular weight is 522 g/mol. The largest absolute Gasteiger partial charge is 0.334 e. The number of carbonyl (C=O) groups excluding carboxylic acids is 1. The summed E-state index contributed by atoms with van der Waals surface area (Å²) in [6.07, 6.45) is 1.69. The standard InChI is InChI=1S/C26H28N4O.3ClH/c31-26(23-13-7-8-14-28-23)29-15-16-30-22(19-29)17-27-18-24(30)25(20-9-3-1-4-10-20)21-11-5-2-6-12-21;;;/h1-14,22,24-25,27H,15-19H2;3*1H/t22-,24+;;;/m1.../s1. The molecular formula is C26H31Cl3N4O. The molecule has 3 heterocycles. The normalized spacial score (nSPS) is 19.7. The first kappa shape index (κ1) is 28.1. The van der Waals surface area contributed by atoms with Crippen LogP contribution in [0, 0.1) is 0 Å². The van der Waals surface area contributed by atoms with E-state index in [0.29, 0.717) is 17.8 Å². The predicted molar refractivity (Wildman–Crippen MR) is 144 cm³/mol. The van der Waals surface area contributed by atoms with Crippen LogP contribution in [0.15, 0.2) is 85.1 Å². The number of halogens is 3. The molecule has 2 fully saturated rings. The van der Waals surface area contributed by atoms with Gasteiger partial charge in [0.05, 0.1) is 0 Å². The van der Waals surface area contributed by atoms with E-state index < -0.39 is 0 Å². The van der Waals surface area contributed by atoms with E-state index in [9.17, 15) is 4.79 Å². The van der Waals surface area contributed by atoms with Gasteiger partial charge < -0.3 is 10.2 Å². The minimum Gasteiger partial charge on any atom is -0.334 e. The lowest BCUT2D eigenvalue weighted by Crippen LogP contribution is -2.66. The van der Waals surface area contributed by atoms with E-state index in [4.69, 9.17) is 0 Å². The maximum absolute atomic E-state index is 13.0. The molecule has 5 nitrogen and oxygen atoms in total. The van der Waals surface area contributed by atoms with E-state index in [0.717, 1.165) is 32.7 Å². The van der Waals surface area contributed by atoms with Crippen LogP contribution in [0.4, 0.5) is 0 Å². The van der Waals surface area contributed by atoms with Crippen molar-refractivity contribution in [3.63, 3.8) is 0 Å². The molecule has 0 aliphatic carbocycles. The molecule has 1 aromatic heterocycles. The van der Waals surface area contributed by atoms with Gasteiger partial charge in [-0.2, -0.15) is 0 Å². The summed E-state index contributed by atoms with van der Waals surface area (Å²) in [7, 11) is 0. The van der Waals surface area contributed by atoms with E-state index in [2.05, 4.69) is 75.9 Å². The molecule has 34 heavy (non-hydrogen) atoms. The number of fused-ring (bicyclic) bond motifs is 1. The lowest BCUT2D eigenvalue weighted by molar-refractivity contribution is 0.0141. The molecule has 2 atom stereocenters. The number of benzene rings is 2. The van der Waals surface area contributed by atoms with E-state index in [-0.39, 0.29) is 49.0 Å². The number of carbonyl (C=O) groups is 1. The minimum absolute atomic E-state index is 0. The first-order chi connectivity index (χ1) is 15.3. The SMILES string of the molecule is Cl.Cl.Cl.O=C(c1ccccn1)N1CCN2[C@H](CNC[C@H]2C(c2ccccc2)c2ccccc2)C1. The summed E-state index contributed by atoms with van der Waals surface area (Å²) in [5.41, 5.74) is 3.21. The Morgan fingerprint density at radius 1 is 0.824 bits per heavy atom. The molecule has 0 unspecified atom stereocenters. The van der Waals surface area contributed by atoms with Gasteiger partial charge in [0.1, 0.15) is 5.69 Å². The lowest BCUT2D eigenvalue weighted by atomic mass is 9.82. The van der Waals surface area contributed by atoms with Gasteiger partial charge in [0.25, 0.3) is 5.91 Å². The van der Waals surface area contributed by atoms with Gasteiger partial charge in [-0.15, -0.1) is 37.2 Å². The number of aromatic nitrogens is 1. The number of rotatable bonds is 4. The summed E-state index contributed by atoms with van der Waals surface area (Å²) >= 11 is 0. The molecule has 0 bridgehead atoms. The van der Waals surface area contributed by atoms with Crippen molar-refractivity contribution in [2.45, 2.75) is 18.0 Å². The third kappa shape index (κ3) is 5.91. The summed E-state index contributed by atoms with van der Waals surface area (Å²) in [5.74, 6) is 0.320. The van der Waals surface area contributed by atoms with Gasteiger partial charge in [-0.3, -0.25) is 14.7 Å². The molecule has 0 radical (unpaired) electrons. The van der Waals surface area contributed by atoms with Crippen LogP contribution in [0.5, 0.6) is 0 Å². The van der Waals surface area contributed by atoms with Crippen molar-refractivity contribution in [2.24, 2.45) is 0 Å². The monoisotopic (exact) mass is 520 g/mol. The molecule has 1 N–H and O–H groups in total. The van der Waals surface area contributed by atoms with Crippen LogP contribution in [-0.2, 0) is 0 Å². The Morgan fingerprint density at radius 2 is 1.44 bits per heavy atom. The van der Waals surface area contributed by atoms with E-state index in [1.165, 1.54) is 11.1 Å². The maximum atomic E-state index is 13.0. The van der Waals surface area contributed by atoms with E-state index in [1.807, 2.05) is 17.0 Å². The van der Waals surface area contributed by atoms with Crippen molar-refractivity contribution < 1.29 is 4.79 Å². The fourth-order valence-electron chi connectivity index (χ4n) is 5.11. The highest BCUT2D eigenvalue weighted by Gasteiger charge is 2.40. The number of pyridine rings is 1. The van der Waals surface area contributed by atoms with Gasteiger partial charge in [0.15, 0.2) is 0 Å². The Balaban J connectivity index is 0.00000136. The molecule has 2 saturated heterocycles. The second-order valence-corrected chi connectivity index (χ2v) is 8.38. The second-order valence-electron chi connectivity index (χ2n) is 8.38. The van der Waals surface area contributed by atoms with Crippen molar-refractivity contribution >= 4 is 43.1 Å². The average Bonchev–Trinajstić information content (AvgIpc) is 2.85. The Bertz CT molecular complexity index is 971. The number of piperazine rings is 2. The van der Waals surface area contributed by atoms with Crippen LogP contribution < -0.4 is 5.32 Å². The number of nitrogens with zero attached hydrogens (tertiary/aromatic N) is 3. The van der Waals surface area contributed by atoms with Crippen LogP contribution in [-0.4, -0.2) is 65.5 Å². The molecule has 8 heteroatoms. The van der Waals surface area contributed by atoms with Gasteiger partial charge in [0.2, 0.25) is 0 Å². The Labute approximate surface area is 220 Å². The third-order valence-electron chi connectivity index (χ3n) is 6.56. The van der Waals surface area contributed by atoms with Crippen molar-refractivity contribution in [1.82, 2.24) is 20.1 Å². The zero-order valence-electron chi connectivity index (χ0n) is 18.8. The molecule has 1 amide bonds. The van der Waals surface area contributed by atoms with Crippen LogP contribution >= 0.6 is 37.2 Å². The zero-order valence-corrected chi connectivity index (χ0v) is 21.3. The first-order valence-electron chi connectivity index (χ1n) is 11.1. The summed E-state index contributed by atoms with van der Waals surface area (Å²) in [6.45, 7) is 4.19. The fraction of sp³-hybridized carbons (Fsp3) is 0.308. The van der Waals surface area contributed by atoms with Crippen molar-refractivity contribution in [3.8, 4) is 0 Å². The summed E-state index contributed by atoms with van der Waals surface area (Å²) in [6, 6.07) is 27.8. The highest BCUT2D eigenvalue weighted by Crippen LogP contribution is 2.34. The van der Waals surface area contributed by atoms with E-state index in [1.54, 1.807) is 12.3 Å². The highest BCUT2D eigenvalue weighted by atomic mass is 35.5. The number of nitrogens with one attached hydrogen (secondary N) is 1. The quantitative estimate of drug-likeness (QED) is 0.557. The maximum Gasteiger partial charge on any atom is 0.272 e. The van der Waals surface area contributed by atoms with Gasteiger partial charge in [-0.1, -0.05) is 66.7 Å². The first-order valence-corrected chi connectivity index (χ1v) is 11.1. The number of hydrogen-bond acceptors (Lipinski definition) is 4. The Hall–Kier alpha value is -2.15. The molecule has 0 spiro atoms. The van der Waals surface area contributed by atoms with Gasteiger partial charge >= 0.3 is 0 Å². The topological polar surface area (TPSA) is 48.5 Å². The number of hydrogen-bond donors (Lipinski definition) is 1. The molecule has 2 aliphatic heterocycles. The van der Waals surface area contributed by atoms with Crippen molar-refractivity contribution in [1.29, 1.82) is 0 Å².